The quantitative estimate of drug-likeness (QED) is 0.445. The minimum Gasteiger partial charge on any atom is -0.395 e. The molecule has 176 valence electrons. The summed E-state index contributed by atoms with van der Waals surface area (Å²) < 4.78 is 9.56. The van der Waals surface area contributed by atoms with Gasteiger partial charge in [0.2, 0.25) is 5.91 Å². The molecule has 3 amide bonds. The number of nitrogens with zero attached hydrogens (tertiary/aromatic N) is 3. The molecule has 0 bridgehead atoms. The van der Waals surface area contributed by atoms with E-state index in [1.165, 1.54) is 4.90 Å². The van der Waals surface area contributed by atoms with Crippen LogP contribution in [-0.2, 0) is 9.53 Å². The number of benzene rings is 1. The van der Waals surface area contributed by atoms with Crippen molar-refractivity contribution in [3.8, 4) is 0 Å². The van der Waals surface area contributed by atoms with E-state index >= 15 is 0 Å². The first-order chi connectivity index (χ1) is 16.5. The number of carbonyl (C=O) groups excluding carboxylic acids is 3. The highest BCUT2D eigenvalue weighted by molar-refractivity contribution is 7.09. The van der Waals surface area contributed by atoms with Crippen LogP contribution in [-0.4, -0.2) is 46.3 Å². The lowest BCUT2D eigenvalue weighted by molar-refractivity contribution is -0.123. The first-order valence-electron chi connectivity index (χ1n) is 10.7. The topological polar surface area (TPSA) is 154 Å². The third kappa shape index (κ3) is 4.90. The number of para-hydroxylation sites is 1. The molecule has 34 heavy (non-hydrogen) atoms. The number of nitrogen functional groups attached to an aromatic ring is 1. The lowest BCUT2D eigenvalue weighted by Gasteiger charge is -2.31. The number of anilines is 2. The smallest absolute Gasteiger partial charge is 0.273 e. The largest absolute Gasteiger partial charge is 0.395 e. The van der Waals surface area contributed by atoms with Gasteiger partial charge in [-0.2, -0.15) is 4.37 Å². The average Bonchev–Trinajstić information content (AvgIpc) is 3.51. The van der Waals surface area contributed by atoms with Gasteiger partial charge in [0.15, 0.2) is 5.69 Å². The highest BCUT2D eigenvalue weighted by Gasteiger charge is 2.36. The van der Waals surface area contributed by atoms with Gasteiger partial charge in [0.05, 0.1) is 11.8 Å². The predicted molar refractivity (Wildman–Crippen MR) is 127 cm³/mol. The molecule has 0 spiro atoms. The highest BCUT2D eigenvalue weighted by Crippen LogP contribution is 2.32. The van der Waals surface area contributed by atoms with Crippen molar-refractivity contribution in [2.75, 3.05) is 23.8 Å². The van der Waals surface area contributed by atoms with Gasteiger partial charge in [-0.1, -0.05) is 18.2 Å². The number of nitrogens with two attached hydrogens (primary N) is 2. The van der Waals surface area contributed by atoms with E-state index in [0.717, 1.165) is 24.4 Å². The van der Waals surface area contributed by atoms with Crippen molar-refractivity contribution < 1.29 is 19.1 Å². The van der Waals surface area contributed by atoms with Gasteiger partial charge < -0.3 is 21.5 Å². The Kier molecular flexibility index (Phi) is 7.14. The standard InChI is InChI=1S/C23H24N6O4S/c24-17-18(21(25)30)28-34-20(17)23(32)29(15-5-2-1-3-6-15)19(14-8-10-26-11-9-14)22(31)27-13-16-7-4-12-33-16/h1-3,5-6,8-11,16,19H,4,7,12-13,24H2,(H2,25,30)(H,27,31)/t16-,19+/m1/s1. The Morgan fingerprint density at radius 3 is 2.53 bits per heavy atom. The van der Waals surface area contributed by atoms with Crippen LogP contribution in [0.4, 0.5) is 11.4 Å². The van der Waals surface area contributed by atoms with Gasteiger partial charge in [-0.15, -0.1) is 0 Å². The molecule has 1 aliphatic heterocycles. The molecule has 1 aromatic carbocycles. The molecule has 1 saturated heterocycles. The van der Waals surface area contributed by atoms with Gasteiger partial charge in [-0.25, -0.2) is 0 Å². The van der Waals surface area contributed by atoms with Crippen LogP contribution in [0.2, 0.25) is 0 Å². The maximum Gasteiger partial charge on any atom is 0.273 e. The van der Waals surface area contributed by atoms with Crippen LogP contribution in [0, 0.1) is 0 Å². The molecular formula is C23H24N6O4S. The number of primary amides is 1. The minimum atomic E-state index is -1.04. The van der Waals surface area contributed by atoms with Crippen LogP contribution in [0.1, 0.15) is 44.6 Å². The number of amides is 3. The van der Waals surface area contributed by atoms with E-state index in [1.807, 2.05) is 0 Å². The first kappa shape index (κ1) is 23.3. The Morgan fingerprint density at radius 1 is 1.18 bits per heavy atom. The second-order valence-electron chi connectivity index (χ2n) is 7.71. The number of aromatic nitrogens is 2. The molecule has 1 fully saturated rings. The molecule has 4 rings (SSSR count). The summed E-state index contributed by atoms with van der Waals surface area (Å²) in [5.41, 5.74) is 12.1. The van der Waals surface area contributed by atoms with Crippen LogP contribution >= 0.6 is 11.5 Å². The Hall–Kier alpha value is -3.83. The van der Waals surface area contributed by atoms with E-state index < -0.39 is 23.8 Å². The van der Waals surface area contributed by atoms with Crippen molar-refractivity contribution in [3.63, 3.8) is 0 Å². The van der Waals surface area contributed by atoms with Crippen molar-refractivity contribution in [3.05, 3.63) is 71.0 Å². The van der Waals surface area contributed by atoms with Gasteiger partial charge >= 0.3 is 0 Å². The monoisotopic (exact) mass is 480 g/mol. The summed E-state index contributed by atoms with van der Waals surface area (Å²) in [5, 5.41) is 2.92. The lowest BCUT2D eigenvalue weighted by Crippen LogP contribution is -2.45. The normalized spacial score (nSPS) is 16.1. The highest BCUT2D eigenvalue weighted by atomic mass is 32.1. The molecule has 3 aromatic rings. The molecule has 2 aromatic heterocycles. The SMILES string of the molecule is NC(=O)c1nsc(C(=O)N(c2ccccc2)[C@H](C(=O)NC[C@H]2CCCO2)c2ccncc2)c1N. The number of hydrogen-bond donors (Lipinski definition) is 3. The number of hydrogen-bond acceptors (Lipinski definition) is 8. The Bertz CT molecular complexity index is 1160. The number of pyridine rings is 1. The molecule has 0 aliphatic carbocycles. The van der Waals surface area contributed by atoms with Crippen LogP contribution in [0.5, 0.6) is 0 Å². The van der Waals surface area contributed by atoms with Gasteiger partial charge in [-0.3, -0.25) is 24.3 Å². The summed E-state index contributed by atoms with van der Waals surface area (Å²) in [6, 6.07) is 11.0. The molecule has 3 heterocycles. The molecule has 0 unspecified atom stereocenters. The Labute approximate surface area is 200 Å². The fourth-order valence-corrected chi connectivity index (χ4v) is 4.53. The fourth-order valence-electron chi connectivity index (χ4n) is 3.79. The maximum absolute atomic E-state index is 13.8. The van der Waals surface area contributed by atoms with E-state index in [1.54, 1.807) is 54.9 Å². The molecule has 11 heteroatoms. The number of ether oxygens (including phenoxy) is 1. The van der Waals surface area contributed by atoms with Crippen molar-refractivity contribution in [1.82, 2.24) is 14.7 Å². The summed E-state index contributed by atoms with van der Waals surface area (Å²) in [6.45, 7) is 0.988. The van der Waals surface area contributed by atoms with Gasteiger partial charge in [-0.05, 0) is 54.2 Å². The second kappa shape index (κ2) is 10.4. The Morgan fingerprint density at radius 2 is 1.91 bits per heavy atom. The average molecular weight is 481 g/mol. The molecule has 5 N–H and O–H groups in total. The molecule has 0 saturated carbocycles. The predicted octanol–water partition coefficient (Wildman–Crippen LogP) is 1.90. The number of rotatable bonds is 8. The fraction of sp³-hybridized carbons (Fsp3) is 0.261. The van der Waals surface area contributed by atoms with Crippen molar-refractivity contribution in [1.29, 1.82) is 0 Å². The van der Waals surface area contributed by atoms with E-state index in [4.69, 9.17) is 16.2 Å². The summed E-state index contributed by atoms with van der Waals surface area (Å²) in [6.07, 6.45) is 4.83. The summed E-state index contributed by atoms with van der Waals surface area (Å²) >= 11 is 0.763. The molecular weight excluding hydrogens is 456 g/mol. The Balaban J connectivity index is 1.76. The third-order valence-electron chi connectivity index (χ3n) is 5.47. The van der Waals surface area contributed by atoms with E-state index in [-0.39, 0.29) is 22.4 Å². The minimum absolute atomic E-state index is 0.0173. The van der Waals surface area contributed by atoms with Gasteiger partial charge in [0.1, 0.15) is 10.9 Å². The lowest BCUT2D eigenvalue weighted by atomic mass is 10.0. The first-order valence-corrected chi connectivity index (χ1v) is 11.5. The van der Waals surface area contributed by atoms with Crippen molar-refractivity contribution in [2.24, 2.45) is 5.73 Å². The van der Waals surface area contributed by atoms with Gasteiger partial charge in [0.25, 0.3) is 11.8 Å². The third-order valence-corrected chi connectivity index (χ3v) is 6.32. The van der Waals surface area contributed by atoms with E-state index in [2.05, 4.69) is 14.7 Å². The van der Waals surface area contributed by atoms with Crippen molar-refractivity contribution >= 4 is 40.6 Å². The summed E-state index contributed by atoms with van der Waals surface area (Å²) in [4.78, 5) is 44.4. The summed E-state index contributed by atoms with van der Waals surface area (Å²) in [7, 11) is 0. The molecule has 1 aliphatic rings. The zero-order valence-electron chi connectivity index (χ0n) is 18.2. The molecule has 0 radical (unpaired) electrons. The van der Waals surface area contributed by atoms with Crippen LogP contribution in [0.3, 0.4) is 0 Å². The summed E-state index contributed by atoms with van der Waals surface area (Å²) in [5.74, 6) is -1.81. The number of nitrogens with one attached hydrogen (secondary N) is 1. The van der Waals surface area contributed by atoms with Crippen LogP contribution < -0.4 is 21.7 Å². The van der Waals surface area contributed by atoms with Gasteiger partial charge in [0, 0.05) is 31.2 Å². The van der Waals surface area contributed by atoms with Crippen LogP contribution in [0.15, 0.2) is 54.9 Å². The molecule has 2 atom stereocenters. The number of carbonyl (C=O) groups is 3. The second-order valence-corrected chi connectivity index (χ2v) is 8.49. The van der Waals surface area contributed by atoms with Crippen molar-refractivity contribution in [2.45, 2.75) is 25.0 Å². The maximum atomic E-state index is 13.8. The zero-order chi connectivity index (χ0) is 24.1. The van der Waals surface area contributed by atoms with Crippen LogP contribution in [0.25, 0.3) is 0 Å². The van der Waals surface area contributed by atoms with E-state index in [0.29, 0.717) is 24.4 Å². The van der Waals surface area contributed by atoms with E-state index in [9.17, 15) is 14.4 Å². The zero-order valence-corrected chi connectivity index (χ0v) is 19.0. The molecule has 10 nitrogen and oxygen atoms in total.